The first kappa shape index (κ1) is 18.7. The van der Waals surface area contributed by atoms with Crippen molar-refractivity contribution in [1.82, 2.24) is 5.16 Å². The standard InChI is InChI=1S/C22H21N3O4/c1-14-20(21(24-29-14)15-7-4-3-5-8-15)22(27)23-16-10-11-17(18(13-16)28-2)25-12-6-9-19(25)26/h3-5,7-8,10-11,13H,6,9,12H2,1-2H3,(H,23,27). The zero-order valence-electron chi connectivity index (χ0n) is 16.3. The normalized spacial score (nSPS) is 13.6. The summed E-state index contributed by atoms with van der Waals surface area (Å²) in [6.45, 7) is 2.37. The van der Waals surface area contributed by atoms with Gasteiger partial charge in [-0.2, -0.15) is 0 Å². The van der Waals surface area contributed by atoms with Crippen LogP contribution in [0.5, 0.6) is 5.75 Å². The Hall–Kier alpha value is -3.61. The Morgan fingerprint density at radius 2 is 2.00 bits per heavy atom. The van der Waals surface area contributed by atoms with Crippen LogP contribution in [0, 0.1) is 6.92 Å². The lowest BCUT2D eigenvalue weighted by atomic mass is 10.1. The van der Waals surface area contributed by atoms with E-state index in [-0.39, 0.29) is 11.8 Å². The molecule has 4 rings (SSSR count). The molecular formula is C22H21N3O4. The molecule has 3 aromatic rings. The number of ether oxygens (including phenoxy) is 1. The van der Waals surface area contributed by atoms with E-state index in [1.165, 1.54) is 0 Å². The van der Waals surface area contributed by atoms with E-state index in [1.54, 1.807) is 37.1 Å². The fourth-order valence-corrected chi connectivity index (χ4v) is 3.51. The molecule has 0 radical (unpaired) electrons. The second kappa shape index (κ2) is 7.79. The number of aryl methyl sites for hydroxylation is 1. The first-order valence-corrected chi connectivity index (χ1v) is 9.40. The Labute approximate surface area is 168 Å². The molecule has 2 aromatic carbocycles. The van der Waals surface area contributed by atoms with Crippen molar-refractivity contribution in [2.75, 3.05) is 23.9 Å². The number of carbonyl (C=O) groups is 2. The van der Waals surface area contributed by atoms with Crippen molar-refractivity contribution < 1.29 is 18.8 Å². The van der Waals surface area contributed by atoms with Crippen molar-refractivity contribution in [3.8, 4) is 17.0 Å². The molecule has 0 aliphatic carbocycles. The fraction of sp³-hybridized carbons (Fsp3) is 0.227. The zero-order chi connectivity index (χ0) is 20.4. The van der Waals surface area contributed by atoms with E-state index < -0.39 is 0 Å². The number of carbonyl (C=O) groups excluding carboxylic acids is 2. The third kappa shape index (κ3) is 3.59. The number of hydrogen-bond donors (Lipinski definition) is 1. The number of methoxy groups -OCH3 is 1. The number of nitrogens with one attached hydrogen (secondary N) is 1. The SMILES string of the molecule is COc1cc(NC(=O)c2c(-c3ccccc3)noc2C)ccc1N1CCCC1=O. The summed E-state index contributed by atoms with van der Waals surface area (Å²) in [4.78, 5) is 26.7. The summed E-state index contributed by atoms with van der Waals surface area (Å²) in [6.07, 6.45) is 1.37. The molecular weight excluding hydrogens is 370 g/mol. The molecule has 1 aromatic heterocycles. The summed E-state index contributed by atoms with van der Waals surface area (Å²) >= 11 is 0. The first-order valence-electron chi connectivity index (χ1n) is 9.40. The minimum atomic E-state index is -0.324. The van der Waals surface area contributed by atoms with Gasteiger partial charge < -0.3 is 19.5 Å². The molecule has 1 aliphatic rings. The highest BCUT2D eigenvalue weighted by Gasteiger charge is 2.25. The molecule has 1 saturated heterocycles. The summed E-state index contributed by atoms with van der Waals surface area (Å²) in [7, 11) is 1.54. The first-order chi connectivity index (χ1) is 14.1. The fourth-order valence-electron chi connectivity index (χ4n) is 3.51. The number of rotatable bonds is 5. The molecule has 0 spiro atoms. The highest BCUT2D eigenvalue weighted by molar-refractivity contribution is 6.09. The van der Waals surface area contributed by atoms with Crippen molar-refractivity contribution in [1.29, 1.82) is 0 Å². The largest absolute Gasteiger partial charge is 0.494 e. The minimum absolute atomic E-state index is 0.0766. The van der Waals surface area contributed by atoms with Gasteiger partial charge in [-0.3, -0.25) is 9.59 Å². The molecule has 148 valence electrons. The number of aromatic nitrogens is 1. The number of anilines is 2. The Kier molecular flexibility index (Phi) is 5.03. The van der Waals surface area contributed by atoms with Crippen LogP contribution < -0.4 is 15.0 Å². The van der Waals surface area contributed by atoms with Gasteiger partial charge in [0.1, 0.15) is 22.8 Å². The highest BCUT2D eigenvalue weighted by Crippen LogP contribution is 2.34. The van der Waals surface area contributed by atoms with E-state index in [9.17, 15) is 9.59 Å². The molecule has 2 amide bonds. The second-order valence-corrected chi connectivity index (χ2v) is 6.82. The van der Waals surface area contributed by atoms with Crippen molar-refractivity contribution in [3.05, 3.63) is 59.9 Å². The van der Waals surface area contributed by atoms with Gasteiger partial charge in [-0.05, 0) is 25.5 Å². The van der Waals surface area contributed by atoms with Crippen LogP contribution in [0.15, 0.2) is 53.1 Å². The van der Waals surface area contributed by atoms with Gasteiger partial charge in [-0.1, -0.05) is 35.5 Å². The van der Waals surface area contributed by atoms with Gasteiger partial charge in [-0.25, -0.2) is 0 Å². The zero-order valence-corrected chi connectivity index (χ0v) is 16.3. The Balaban J connectivity index is 1.61. The van der Waals surface area contributed by atoms with Gasteiger partial charge in [0.2, 0.25) is 5.91 Å². The van der Waals surface area contributed by atoms with Crippen LogP contribution >= 0.6 is 0 Å². The van der Waals surface area contributed by atoms with Crippen LogP contribution in [0.3, 0.4) is 0 Å². The predicted molar refractivity (Wildman–Crippen MR) is 109 cm³/mol. The van der Waals surface area contributed by atoms with Gasteiger partial charge >= 0.3 is 0 Å². The smallest absolute Gasteiger partial charge is 0.261 e. The molecule has 7 nitrogen and oxygen atoms in total. The van der Waals surface area contributed by atoms with Gasteiger partial charge in [0.15, 0.2) is 0 Å². The molecule has 0 unspecified atom stereocenters. The van der Waals surface area contributed by atoms with Crippen LogP contribution in [0.4, 0.5) is 11.4 Å². The molecule has 1 N–H and O–H groups in total. The average molecular weight is 391 g/mol. The Morgan fingerprint density at radius 3 is 2.69 bits per heavy atom. The lowest BCUT2D eigenvalue weighted by Crippen LogP contribution is -2.24. The van der Waals surface area contributed by atoms with E-state index in [0.29, 0.717) is 47.1 Å². The molecule has 2 heterocycles. The van der Waals surface area contributed by atoms with Crippen molar-refractivity contribution in [3.63, 3.8) is 0 Å². The summed E-state index contributed by atoms with van der Waals surface area (Å²) in [6, 6.07) is 14.7. The van der Waals surface area contributed by atoms with Crippen LogP contribution in [0.2, 0.25) is 0 Å². The van der Waals surface area contributed by atoms with E-state index in [4.69, 9.17) is 9.26 Å². The second-order valence-electron chi connectivity index (χ2n) is 6.82. The third-order valence-corrected chi connectivity index (χ3v) is 4.94. The summed E-state index contributed by atoms with van der Waals surface area (Å²) in [5.41, 5.74) is 2.94. The summed E-state index contributed by atoms with van der Waals surface area (Å²) in [5, 5.41) is 6.93. The van der Waals surface area contributed by atoms with E-state index in [2.05, 4.69) is 10.5 Å². The number of benzene rings is 2. The highest BCUT2D eigenvalue weighted by atomic mass is 16.5. The van der Waals surface area contributed by atoms with Gasteiger partial charge in [0, 0.05) is 30.3 Å². The summed E-state index contributed by atoms with van der Waals surface area (Å²) in [5.74, 6) is 0.721. The van der Waals surface area contributed by atoms with Crippen LogP contribution in [-0.2, 0) is 4.79 Å². The lowest BCUT2D eigenvalue weighted by Gasteiger charge is -2.19. The maximum Gasteiger partial charge on any atom is 0.261 e. The van der Waals surface area contributed by atoms with Crippen molar-refractivity contribution >= 4 is 23.2 Å². The molecule has 1 fully saturated rings. The maximum absolute atomic E-state index is 13.0. The molecule has 0 atom stereocenters. The molecule has 1 aliphatic heterocycles. The van der Waals surface area contributed by atoms with Gasteiger partial charge in [-0.15, -0.1) is 0 Å². The molecule has 7 heteroatoms. The number of hydrogen-bond acceptors (Lipinski definition) is 5. The average Bonchev–Trinajstić information content (AvgIpc) is 3.34. The van der Waals surface area contributed by atoms with E-state index in [1.807, 2.05) is 30.3 Å². The minimum Gasteiger partial charge on any atom is -0.494 e. The number of amides is 2. The van der Waals surface area contributed by atoms with Crippen molar-refractivity contribution in [2.24, 2.45) is 0 Å². The third-order valence-electron chi connectivity index (χ3n) is 4.94. The summed E-state index contributed by atoms with van der Waals surface area (Å²) < 4.78 is 10.7. The van der Waals surface area contributed by atoms with Crippen LogP contribution in [0.25, 0.3) is 11.3 Å². The molecule has 0 saturated carbocycles. The Bertz CT molecular complexity index is 1060. The van der Waals surface area contributed by atoms with E-state index >= 15 is 0 Å². The van der Waals surface area contributed by atoms with Gasteiger partial charge in [0.05, 0.1) is 12.8 Å². The maximum atomic E-state index is 13.0. The lowest BCUT2D eigenvalue weighted by molar-refractivity contribution is -0.117. The molecule has 0 bridgehead atoms. The van der Waals surface area contributed by atoms with Crippen LogP contribution in [0.1, 0.15) is 29.0 Å². The predicted octanol–water partition coefficient (Wildman–Crippen LogP) is 4.04. The van der Waals surface area contributed by atoms with Gasteiger partial charge in [0.25, 0.3) is 5.91 Å². The number of nitrogens with zero attached hydrogens (tertiary/aromatic N) is 2. The van der Waals surface area contributed by atoms with E-state index in [0.717, 1.165) is 12.0 Å². The monoisotopic (exact) mass is 391 g/mol. The Morgan fingerprint density at radius 1 is 1.21 bits per heavy atom. The quantitative estimate of drug-likeness (QED) is 0.710. The van der Waals surface area contributed by atoms with Crippen molar-refractivity contribution in [2.45, 2.75) is 19.8 Å². The topological polar surface area (TPSA) is 84.7 Å². The molecule has 29 heavy (non-hydrogen) atoms. The van der Waals surface area contributed by atoms with Crippen LogP contribution in [-0.4, -0.2) is 30.6 Å².